The molecule has 0 N–H and O–H groups in total. The summed E-state index contributed by atoms with van der Waals surface area (Å²) in [5, 5.41) is 0. The number of piperazine rings is 1. The molecule has 2 saturated heterocycles. The van der Waals surface area contributed by atoms with E-state index in [0.29, 0.717) is 44.3 Å². The fraction of sp³-hybridized carbons (Fsp3) is 0.458. The van der Waals surface area contributed by atoms with Gasteiger partial charge in [0.05, 0.1) is 17.8 Å². The number of amides is 2. The van der Waals surface area contributed by atoms with Gasteiger partial charge in [0, 0.05) is 32.4 Å². The van der Waals surface area contributed by atoms with Crippen LogP contribution in [0, 0.1) is 5.82 Å². The first-order valence-corrected chi connectivity index (χ1v) is 11.1. The van der Waals surface area contributed by atoms with Crippen LogP contribution in [-0.2, 0) is 4.74 Å². The van der Waals surface area contributed by atoms with Crippen LogP contribution in [-0.4, -0.2) is 60.2 Å². The molecule has 5 rings (SSSR count). The van der Waals surface area contributed by atoms with Crippen LogP contribution in [0.15, 0.2) is 36.5 Å². The molecule has 1 aliphatic carbocycles. The number of nitrogens with zero attached hydrogens (tertiary/aromatic N) is 4. The van der Waals surface area contributed by atoms with E-state index in [-0.39, 0.29) is 11.5 Å². The summed E-state index contributed by atoms with van der Waals surface area (Å²) in [5.74, 6) is 0.618. The molecule has 3 aliphatic rings. The van der Waals surface area contributed by atoms with E-state index in [1.54, 1.807) is 24.8 Å². The third-order valence-corrected chi connectivity index (χ3v) is 6.33. The van der Waals surface area contributed by atoms with Gasteiger partial charge in [0.15, 0.2) is 0 Å². The van der Waals surface area contributed by atoms with Gasteiger partial charge >= 0.3 is 6.09 Å². The highest BCUT2D eigenvalue weighted by Gasteiger charge is 2.38. The minimum absolute atomic E-state index is 0.0148. The highest BCUT2D eigenvalue weighted by Crippen LogP contribution is 2.40. The van der Waals surface area contributed by atoms with E-state index in [1.807, 2.05) is 12.3 Å². The van der Waals surface area contributed by atoms with Gasteiger partial charge < -0.3 is 14.5 Å². The lowest BCUT2D eigenvalue weighted by Gasteiger charge is -2.35. The molecule has 2 aliphatic heterocycles. The van der Waals surface area contributed by atoms with Gasteiger partial charge in [-0.15, -0.1) is 0 Å². The number of anilines is 2. The van der Waals surface area contributed by atoms with Crippen molar-refractivity contribution in [3.63, 3.8) is 0 Å². The Balaban J connectivity index is 1.22. The van der Waals surface area contributed by atoms with Crippen molar-refractivity contribution in [2.24, 2.45) is 0 Å². The number of carbonyl (C=O) groups excluding carboxylic acids is 2. The number of hydrogen-bond acceptors (Lipinski definition) is 5. The first kappa shape index (κ1) is 20.7. The number of cyclic esters (lactones) is 1. The Morgan fingerprint density at radius 1 is 1.12 bits per heavy atom. The lowest BCUT2D eigenvalue weighted by atomic mass is 10.1. The zero-order valence-corrected chi connectivity index (χ0v) is 18.4. The number of benzene rings is 1. The Kier molecular flexibility index (Phi) is 5.03. The van der Waals surface area contributed by atoms with Crippen molar-refractivity contribution < 1.29 is 18.7 Å². The summed E-state index contributed by atoms with van der Waals surface area (Å²) in [4.78, 5) is 34.8. The van der Waals surface area contributed by atoms with Gasteiger partial charge in [0.1, 0.15) is 17.2 Å². The molecule has 2 amide bonds. The van der Waals surface area contributed by atoms with Gasteiger partial charge in [0.25, 0.3) is 5.91 Å². The van der Waals surface area contributed by atoms with Crippen LogP contribution in [0.1, 0.15) is 48.5 Å². The second-order valence-electron chi connectivity index (χ2n) is 9.38. The molecule has 2 aromatic rings. The topological polar surface area (TPSA) is 66.0 Å². The molecule has 32 heavy (non-hydrogen) atoms. The summed E-state index contributed by atoms with van der Waals surface area (Å²) in [6.07, 6.45) is 3.95. The number of rotatable bonds is 4. The molecule has 0 radical (unpaired) electrons. The number of ether oxygens (including phenoxy) is 1. The average Bonchev–Trinajstić information content (AvgIpc) is 3.58. The SMILES string of the molecule is CC1(C)CN(c2ccc(C(=O)N3CCN(c4ccc(C5CC5)cn4)CC3)c(F)c2)C(=O)O1. The number of pyridine rings is 1. The van der Waals surface area contributed by atoms with Crippen molar-refractivity contribution in [2.75, 3.05) is 42.5 Å². The predicted molar refractivity (Wildman–Crippen MR) is 119 cm³/mol. The zero-order chi connectivity index (χ0) is 22.5. The van der Waals surface area contributed by atoms with Crippen LogP contribution < -0.4 is 9.80 Å². The Bertz CT molecular complexity index is 1040. The van der Waals surface area contributed by atoms with Crippen LogP contribution in [0.3, 0.4) is 0 Å². The van der Waals surface area contributed by atoms with Crippen molar-refractivity contribution in [2.45, 2.75) is 38.2 Å². The molecule has 3 heterocycles. The van der Waals surface area contributed by atoms with Crippen molar-refractivity contribution >= 4 is 23.5 Å². The lowest BCUT2D eigenvalue weighted by molar-refractivity contribution is 0.0741. The van der Waals surface area contributed by atoms with Crippen molar-refractivity contribution in [3.8, 4) is 0 Å². The van der Waals surface area contributed by atoms with Gasteiger partial charge in [-0.2, -0.15) is 0 Å². The summed E-state index contributed by atoms with van der Waals surface area (Å²) in [5.41, 5.74) is 1.07. The molecule has 0 atom stereocenters. The first-order valence-electron chi connectivity index (χ1n) is 11.1. The molecule has 3 fully saturated rings. The maximum absolute atomic E-state index is 14.8. The molecule has 1 saturated carbocycles. The second-order valence-corrected chi connectivity index (χ2v) is 9.38. The Morgan fingerprint density at radius 2 is 1.88 bits per heavy atom. The standard InChI is InChI=1S/C24H27FN4O3/c1-24(2)15-29(23(31)32-24)18-6-7-19(20(25)13-18)22(30)28-11-9-27(10-12-28)21-8-5-17(14-26-21)16-3-4-16/h5-8,13-14,16H,3-4,9-12,15H2,1-2H3. The average molecular weight is 439 g/mol. The number of halogens is 1. The molecule has 168 valence electrons. The highest BCUT2D eigenvalue weighted by molar-refractivity contribution is 5.96. The lowest BCUT2D eigenvalue weighted by Crippen LogP contribution is -2.49. The highest BCUT2D eigenvalue weighted by atomic mass is 19.1. The van der Waals surface area contributed by atoms with Gasteiger partial charge in [0.2, 0.25) is 0 Å². The molecule has 0 spiro atoms. The van der Waals surface area contributed by atoms with Gasteiger partial charge in [-0.25, -0.2) is 14.2 Å². The van der Waals surface area contributed by atoms with E-state index in [2.05, 4.69) is 16.0 Å². The minimum Gasteiger partial charge on any atom is -0.441 e. The molecule has 8 heteroatoms. The van der Waals surface area contributed by atoms with E-state index >= 15 is 0 Å². The zero-order valence-electron chi connectivity index (χ0n) is 18.4. The smallest absolute Gasteiger partial charge is 0.415 e. The Morgan fingerprint density at radius 3 is 2.44 bits per heavy atom. The molecular weight excluding hydrogens is 411 g/mol. The summed E-state index contributed by atoms with van der Waals surface area (Å²) >= 11 is 0. The summed E-state index contributed by atoms with van der Waals surface area (Å²) in [6, 6.07) is 8.48. The maximum atomic E-state index is 14.8. The van der Waals surface area contributed by atoms with Gasteiger partial charge in [-0.3, -0.25) is 9.69 Å². The molecule has 0 bridgehead atoms. The quantitative estimate of drug-likeness (QED) is 0.727. The predicted octanol–water partition coefficient (Wildman–Crippen LogP) is 3.80. The Labute approximate surface area is 186 Å². The third kappa shape index (κ3) is 4.01. The summed E-state index contributed by atoms with van der Waals surface area (Å²) in [6.45, 7) is 6.23. The van der Waals surface area contributed by atoms with Crippen LogP contribution in [0.5, 0.6) is 0 Å². The van der Waals surface area contributed by atoms with Crippen molar-refractivity contribution in [1.82, 2.24) is 9.88 Å². The van der Waals surface area contributed by atoms with E-state index in [4.69, 9.17) is 4.74 Å². The summed E-state index contributed by atoms with van der Waals surface area (Å²) in [7, 11) is 0. The van der Waals surface area contributed by atoms with Crippen molar-refractivity contribution in [1.29, 1.82) is 0 Å². The Hall–Kier alpha value is -3.16. The fourth-order valence-corrected chi connectivity index (χ4v) is 4.36. The van der Waals surface area contributed by atoms with E-state index in [1.165, 1.54) is 35.4 Å². The number of hydrogen-bond donors (Lipinski definition) is 0. The molecule has 0 unspecified atom stereocenters. The van der Waals surface area contributed by atoms with E-state index < -0.39 is 17.5 Å². The molecular formula is C24H27FN4O3. The van der Waals surface area contributed by atoms with Crippen LogP contribution >= 0.6 is 0 Å². The number of carbonyl (C=O) groups is 2. The van der Waals surface area contributed by atoms with Crippen LogP contribution in [0.4, 0.5) is 20.7 Å². The molecule has 1 aromatic heterocycles. The number of aromatic nitrogens is 1. The summed E-state index contributed by atoms with van der Waals surface area (Å²) < 4.78 is 20.1. The third-order valence-electron chi connectivity index (χ3n) is 6.33. The van der Waals surface area contributed by atoms with Crippen LogP contribution in [0.25, 0.3) is 0 Å². The molecule has 1 aromatic carbocycles. The fourth-order valence-electron chi connectivity index (χ4n) is 4.36. The van der Waals surface area contributed by atoms with Crippen molar-refractivity contribution in [3.05, 3.63) is 53.5 Å². The van der Waals surface area contributed by atoms with E-state index in [9.17, 15) is 14.0 Å². The van der Waals surface area contributed by atoms with Crippen LogP contribution in [0.2, 0.25) is 0 Å². The first-order chi connectivity index (χ1) is 15.3. The van der Waals surface area contributed by atoms with E-state index in [0.717, 1.165) is 5.82 Å². The second kappa shape index (κ2) is 7.76. The largest absolute Gasteiger partial charge is 0.441 e. The molecule has 7 nitrogen and oxygen atoms in total. The minimum atomic E-state index is -0.634. The monoisotopic (exact) mass is 438 g/mol. The normalized spacial score (nSPS) is 20.5. The maximum Gasteiger partial charge on any atom is 0.415 e. The van der Waals surface area contributed by atoms with Gasteiger partial charge in [-0.05, 0) is 62.4 Å². The van der Waals surface area contributed by atoms with Gasteiger partial charge in [-0.1, -0.05) is 6.07 Å².